The molecule has 7 heteroatoms. The second-order valence-corrected chi connectivity index (χ2v) is 6.97. The van der Waals surface area contributed by atoms with Gasteiger partial charge in [-0.3, -0.25) is 0 Å². The average Bonchev–Trinajstić information content (AvgIpc) is 3.11. The minimum Gasteiger partial charge on any atom is -0.478 e. The molecule has 0 bridgehead atoms. The second kappa shape index (κ2) is 8.21. The Morgan fingerprint density at radius 1 is 1.29 bits per heavy atom. The third-order valence-electron chi connectivity index (χ3n) is 3.78. The number of rotatable bonds is 4. The number of carbonyl (C=O) groups is 2. The monoisotopic (exact) mass is 350 g/mol. The van der Waals surface area contributed by atoms with Crippen molar-refractivity contribution in [3.05, 3.63) is 35.4 Å². The fourth-order valence-electron chi connectivity index (χ4n) is 2.94. The van der Waals surface area contributed by atoms with E-state index in [-0.39, 0.29) is 6.04 Å². The Morgan fingerprint density at radius 2 is 1.96 bits per heavy atom. The predicted octanol–water partition coefficient (Wildman–Crippen LogP) is 1.76. The maximum atomic E-state index is 9.55. The van der Waals surface area contributed by atoms with E-state index in [1.807, 2.05) is 11.8 Å². The third-order valence-corrected chi connectivity index (χ3v) is 4.88. The van der Waals surface area contributed by atoms with Crippen LogP contribution in [0.1, 0.15) is 18.1 Å². The molecule has 0 saturated heterocycles. The van der Waals surface area contributed by atoms with Gasteiger partial charge in [0.15, 0.2) is 0 Å². The summed E-state index contributed by atoms with van der Waals surface area (Å²) in [5.41, 5.74) is 10.6. The number of carboxylic acid groups (broad SMARTS) is 2. The van der Waals surface area contributed by atoms with Crippen molar-refractivity contribution in [2.75, 3.05) is 23.7 Å². The van der Waals surface area contributed by atoms with Crippen LogP contribution in [0.5, 0.6) is 0 Å². The molecule has 0 amide bonds. The third kappa shape index (κ3) is 4.75. The summed E-state index contributed by atoms with van der Waals surface area (Å²) in [6, 6.07) is 4.88. The normalized spacial score (nSPS) is 16.3. The molecule has 1 aromatic rings. The van der Waals surface area contributed by atoms with Crippen molar-refractivity contribution in [1.29, 1.82) is 0 Å². The highest BCUT2D eigenvalue weighted by atomic mass is 32.2. The Balaban J connectivity index is 0.000000224. The van der Waals surface area contributed by atoms with E-state index >= 15 is 0 Å². The van der Waals surface area contributed by atoms with Gasteiger partial charge in [0.25, 0.3) is 0 Å². The van der Waals surface area contributed by atoms with Crippen LogP contribution in [0.25, 0.3) is 0 Å². The van der Waals surface area contributed by atoms with Gasteiger partial charge in [0.1, 0.15) is 0 Å². The van der Waals surface area contributed by atoms with Crippen molar-refractivity contribution < 1.29 is 19.8 Å². The molecular weight excluding hydrogens is 328 g/mol. The first-order valence-corrected chi connectivity index (χ1v) is 8.79. The molecule has 0 fully saturated rings. The van der Waals surface area contributed by atoms with Crippen LogP contribution < -0.4 is 10.6 Å². The van der Waals surface area contributed by atoms with Crippen molar-refractivity contribution in [2.45, 2.75) is 30.7 Å². The predicted molar refractivity (Wildman–Crippen MR) is 94.8 cm³/mol. The largest absolute Gasteiger partial charge is 0.478 e. The molecule has 24 heavy (non-hydrogen) atoms. The van der Waals surface area contributed by atoms with E-state index < -0.39 is 11.9 Å². The number of carboxylic acids is 2. The van der Waals surface area contributed by atoms with Crippen LogP contribution in [-0.2, 0) is 22.4 Å². The first-order valence-electron chi connectivity index (χ1n) is 7.80. The van der Waals surface area contributed by atoms with Crippen LogP contribution in [0.15, 0.2) is 29.2 Å². The topological polar surface area (TPSA) is 104 Å². The fourth-order valence-corrected chi connectivity index (χ4v) is 4.01. The Bertz CT molecular complexity index is 642. The van der Waals surface area contributed by atoms with Crippen LogP contribution in [0.3, 0.4) is 0 Å². The average molecular weight is 350 g/mol. The molecule has 0 spiro atoms. The summed E-state index contributed by atoms with van der Waals surface area (Å²) in [4.78, 5) is 23.1. The summed E-state index contributed by atoms with van der Waals surface area (Å²) in [5.74, 6) is -1.27. The lowest BCUT2D eigenvalue weighted by atomic mass is 10.1. The highest BCUT2D eigenvalue weighted by Gasteiger charge is 2.26. The summed E-state index contributed by atoms with van der Waals surface area (Å²) in [7, 11) is 0. The van der Waals surface area contributed by atoms with Crippen LogP contribution >= 0.6 is 11.8 Å². The van der Waals surface area contributed by atoms with E-state index in [1.54, 1.807) is 5.56 Å². The van der Waals surface area contributed by atoms with E-state index in [0.717, 1.165) is 13.1 Å². The number of fused-ring (bicyclic) bond motifs is 3. The fraction of sp³-hybridized carbons (Fsp3) is 0.412. The van der Waals surface area contributed by atoms with Gasteiger partial charge in [0.05, 0.1) is 0 Å². The molecule has 0 saturated carbocycles. The van der Waals surface area contributed by atoms with Crippen molar-refractivity contribution in [3.63, 3.8) is 0 Å². The molecule has 2 heterocycles. The van der Waals surface area contributed by atoms with E-state index in [9.17, 15) is 9.59 Å². The number of anilines is 1. The molecule has 130 valence electrons. The molecule has 1 unspecified atom stereocenters. The van der Waals surface area contributed by atoms with Gasteiger partial charge >= 0.3 is 11.9 Å². The lowest BCUT2D eigenvalue weighted by molar-refractivity contribution is -0.134. The van der Waals surface area contributed by atoms with Gasteiger partial charge in [-0.2, -0.15) is 0 Å². The zero-order valence-corrected chi connectivity index (χ0v) is 14.4. The Morgan fingerprint density at radius 3 is 2.54 bits per heavy atom. The van der Waals surface area contributed by atoms with Gasteiger partial charge in [0, 0.05) is 47.6 Å². The lowest BCUT2D eigenvalue weighted by Crippen LogP contribution is -2.34. The molecule has 0 aromatic heterocycles. The van der Waals surface area contributed by atoms with Crippen LogP contribution in [-0.4, -0.2) is 47.0 Å². The second-order valence-electron chi connectivity index (χ2n) is 5.83. The maximum absolute atomic E-state index is 9.55. The van der Waals surface area contributed by atoms with E-state index in [0.29, 0.717) is 12.2 Å². The molecule has 6 nitrogen and oxygen atoms in total. The van der Waals surface area contributed by atoms with Crippen molar-refractivity contribution in [3.8, 4) is 0 Å². The highest BCUT2D eigenvalue weighted by molar-refractivity contribution is 7.99. The molecule has 0 radical (unpaired) electrons. The van der Waals surface area contributed by atoms with Gasteiger partial charge in [-0.25, -0.2) is 9.59 Å². The van der Waals surface area contributed by atoms with Gasteiger partial charge in [-0.15, -0.1) is 11.8 Å². The van der Waals surface area contributed by atoms with Crippen molar-refractivity contribution >= 4 is 29.4 Å². The number of nitrogens with two attached hydrogens (primary N) is 1. The summed E-state index contributed by atoms with van der Waals surface area (Å²) < 4.78 is 0. The summed E-state index contributed by atoms with van der Waals surface area (Å²) in [6.45, 7) is 4.24. The minimum atomic E-state index is -1.26. The molecular formula is C17H22N2O4S. The molecule has 3 rings (SSSR count). The van der Waals surface area contributed by atoms with Crippen LogP contribution in [0, 0.1) is 0 Å². The van der Waals surface area contributed by atoms with E-state index in [2.05, 4.69) is 24.0 Å². The molecule has 1 aromatic carbocycles. The zero-order valence-electron chi connectivity index (χ0n) is 13.6. The Labute approximate surface area is 145 Å². The van der Waals surface area contributed by atoms with E-state index in [4.69, 9.17) is 15.9 Å². The lowest BCUT2D eigenvalue weighted by Gasteiger charge is -2.23. The number of hydrogen-bond donors (Lipinski definition) is 3. The van der Waals surface area contributed by atoms with Gasteiger partial charge < -0.3 is 20.8 Å². The maximum Gasteiger partial charge on any atom is 0.328 e. The molecule has 1 atom stereocenters. The Kier molecular flexibility index (Phi) is 6.28. The first-order chi connectivity index (χ1) is 11.4. The smallest absolute Gasteiger partial charge is 0.328 e. The number of benzene rings is 1. The molecule has 4 N–H and O–H groups in total. The van der Waals surface area contributed by atoms with Gasteiger partial charge in [-0.1, -0.05) is 6.07 Å². The number of nitrogens with zero attached hydrogens (tertiary/aromatic N) is 1. The van der Waals surface area contributed by atoms with Crippen LogP contribution in [0.4, 0.5) is 5.69 Å². The number of aliphatic carboxylic acids is 2. The SMILES string of the molecule is CC(N)CN1CCc2ccc3c(c21)CCS3.O=C(O)/C=C/C(=O)O. The van der Waals surface area contributed by atoms with E-state index in [1.165, 1.54) is 34.7 Å². The van der Waals surface area contributed by atoms with Crippen LogP contribution in [0.2, 0.25) is 0 Å². The minimum absolute atomic E-state index is 0.260. The van der Waals surface area contributed by atoms with Crippen molar-refractivity contribution in [1.82, 2.24) is 0 Å². The highest BCUT2D eigenvalue weighted by Crippen LogP contribution is 2.42. The van der Waals surface area contributed by atoms with Gasteiger partial charge in [-0.05, 0) is 37.0 Å². The zero-order chi connectivity index (χ0) is 17.7. The number of thioether (sulfide) groups is 1. The van der Waals surface area contributed by atoms with Gasteiger partial charge in [0.2, 0.25) is 0 Å². The molecule has 0 aliphatic carbocycles. The number of hydrogen-bond acceptors (Lipinski definition) is 5. The standard InChI is InChI=1S/C13H18N2S.C4H4O4/c1-9(14)8-15-6-4-10-2-3-12-11(13(10)15)5-7-16-12;5-3(6)1-2-4(7)8/h2-3,9H,4-8,14H2,1H3;1-2H,(H,5,6)(H,7,8)/b;2-1+. The molecule has 2 aliphatic heterocycles. The molecule has 2 aliphatic rings. The summed E-state index contributed by atoms with van der Waals surface area (Å²) >= 11 is 2.00. The van der Waals surface area contributed by atoms with Crippen molar-refractivity contribution in [2.24, 2.45) is 5.73 Å². The Hall–Kier alpha value is -1.99. The summed E-state index contributed by atoms with van der Waals surface area (Å²) in [5, 5.41) is 15.6. The summed E-state index contributed by atoms with van der Waals surface area (Å²) in [6.07, 6.45) is 3.54. The quantitative estimate of drug-likeness (QED) is 0.711. The first kappa shape index (κ1) is 18.4.